The Morgan fingerprint density at radius 2 is 1.25 bits per heavy atom. The van der Waals surface area contributed by atoms with E-state index in [4.69, 9.17) is 0 Å². The molecule has 0 aliphatic carbocycles. The Kier molecular flexibility index (Phi) is 20.6. The van der Waals surface area contributed by atoms with E-state index in [9.17, 15) is 0 Å². The zero-order valence-electron chi connectivity index (χ0n) is 2.80. The van der Waals surface area contributed by atoms with Crippen LogP contribution in [-0.4, -0.2) is 14.1 Å². The minimum absolute atomic E-state index is 0. The van der Waals surface area contributed by atoms with Crippen LogP contribution in [0.4, 0.5) is 0 Å². The van der Waals surface area contributed by atoms with Gasteiger partial charge in [0.25, 0.3) is 0 Å². The Morgan fingerprint density at radius 3 is 1.25 bits per heavy atom. The Bertz CT molecular complexity index is 6.00. The monoisotopic (exact) mass is 152 g/mol. The van der Waals surface area contributed by atoms with E-state index in [2.05, 4.69) is 5.32 Å². The molecule has 0 rings (SSSR count). The normalized spacial score (nSPS) is 4.50. The van der Waals surface area contributed by atoms with Crippen LogP contribution in [0.3, 0.4) is 0 Å². The molecule has 0 aliphatic heterocycles. The van der Waals surface area contributed by atoms with Crippen LogP contribution in [0.1, 0.15) is 0 Å². The summed E-state index contributed by atoms with van der Waals surface area (Å²) in [5, 5.41) is 2.75. The zero-order chi connectivity index (χ0) is 2.71. The molecule has 0 heterocycles. The molecule has 0 unspecified atom stereocenters. The molecular formula is C2H7AgN. The van der Waals surface area contributed by atoms with Crippen LogP contribution in [-0.2, 0) is 22.4 Å². The van der Waals surface area contributed by atoms with E-state index in [1.807, 2.05) is 14.1 Å². The van der Waals surface area contributed by atoms with E-state index < -0.39 is 0 Å². The van der Waals surface area contributed by atoms with E-state index in [0.717, 1.165) is 0 Å². The summed E-state index contributed by atoms with van der Waals surface area (Å²) in [6.07, 6.45) is 0. The van der Waals surface area contributed by atoms with Crippen LogP contribution in [0.5, 0.6) is 0 Å². The first-order valence-electron chi connectivity index (χ1n) is 1.00. The van der Waals surface area contributed by atoms with Crippen LogP contribution >= 0.6 is 0 Å². The summed E-state index contributed by atoms with van der Waals surface area (Å²) in [7, 11) is 3.75. The maximum absolute atomic E-state index is 2.75. The molecule has 0 aromatic carbocycles. The average Bonchev–Trinajstić information content (AvgIpc) is 0.918. The first-order valence-corrected chi connectivity index (χ1v) is 1.00. The molecule has 1 N–H and O–H groups in total. The predicted octanol–water partition coefficient (Wildman–Crippen LogP) is -0.167. The molecule has 0 saturated carbocycles. The largest absolute Gasteiger partial charge is 0.323 e. The van der Waals surface area contributed by atoms with E-state index in [1.54, 1.807) is 0 Å². The van der Waals surface area contributed by atoms with Gasteiger partial charge in [0, 0.05) is 22.4 Å². The van der Waals surface area contributed by atoms with Crippen molar-refractivity contribution in [3.63, 3.8) is 0 Å². The SMILES string of the molecule is CNC.[Ag]. The van der Waals surface area contributed by atoms with Gasteiger partial charge in [-0.15, -0.1) is 0 Å². The molecule has 1 nitrogen and oxygen atoms in total. The summed E-state index contributed by atoms with van der Waals surface area (Å²) in [5.74, 6) is 0. The van der Waals surface area contributed by atoms with Gasteiger partial charge in [0.15, 0.2) is 0 Å². The van der Waals surface area contributed by atoms with Crippen LogP contribution in [0, 0.1) is 0 Å². The van der Waals surface area contributed by atoms with Gasteiger partial charge in [0.05, 0.1) is 0 Å². The molecule has 0 atom stereocenters. The molecule has 0 saturated heterocycles. The third-order valence-corrected chi connectivity index (χ3v) is 0. The molecule has 1 radical (unpaired) electrons. The zero-order valence-corrected chi connectivity index (χ0v) is 4.28. The maximum Gasteiger partial charge on any atom is 0 e. The van der Waals surface area contributed by atoms with Crippen LogP contribution < -0.4 is 5.32 Å². The molecule has 2 heteroatoms. The first kappa shape index (κ1) is 8.83. The van der Waals surface area contributed by atoms with Gasteiger partial charge in [-0.1, -0.05) is 0 Å². The van der Waals surface area contributed by atoms with Crippen LogP contribution in [0.2, 0.25) is 0 Å². The summed E-state index contributed by atoms with van der Waals surface area (Å²) in [6.45, 7) is 0. The summed E-state index contributed by atoms with van der Waals surface area (Å²) >= 11 is 0. The van der Waals surface area contributed by atoms with Gasteiger partial charge in [0.1, 0.15) is 0 Å². The van der Waals surface area contributed by atoms with Gasteiger partial charge in [-0.05, 0) is 14.1 Å². The Morgan fingerprint density at radius 1 is 1.25 bits per heavy atom. The third kappa shape index (κ3) is 15.9. The first-order chi connectivity index (χ1) is 1.41. The third-order valence-electron chi connectivity index (χ3n) is 0. The van der Waals surface area contributed by atoms with Crippen molar-refractivity contribution in [2.45, 2.75) is 0 Å². The number of rotatable bonds is 0. The fraction of sp³-hybridized carbons (Fsp3) is 1.00. The van der Waals surface area contributed by atoms with Gasteiger partial charge in [-0.2, -0.15) is 0 Å². The number of hydrogen-bond acceptors (Lipinski definition) is 1. The average molecular weight is 153 g/mol. The van der Waals surface area contributed by atoms with Crippen molar-refractivity contribution in [1.82, 2.24) is 5.32 Å². The van der Waals surface area contributed by atoms with Crippen molar-refractivity contribution in [3.8, 4) is 0 Å². The summed E-state index contributed by atoms with van der Waals surface area (Å²) in [5.41, 5.74) is 0. The number of nitrogens with one attached hydrogen (secondary N) is 1. The molecule has 31 valence electrons. The summed E-state index contributed by atoms with van der Waals surface area (Å²) < 4.78 is 0. The standard InChI is InChI=1S/C2H7N.Ag/c1-3-2;/h3H,1-2H3;. The topological polar surface area (TPSA) is 12.0 Å². The minimum Gasteiger partial charge on any atom is -0.323 e. The van der Waals surface area contributed by atoms with Gasteiger partial charge < -0.3 is 5.32 Å². The van der Waals surface area contributed by atoms with Crippen LogP contribution in [0.25, 0.3) is 0 Å². The van der Waals surface area contributed by atoms with E-state index in [1.165, 1.54) is 0 Å². The minimum atomic E-state index is 0. The fourth-order valence-electron chi connectivity index (χ4n) is 0. The van der Waals surface area contributed by atoms with Crippen molar-refractivity contribution in [3.05, 3.63) is 0 Å². The quantitative estimate of drug-likeness (QED) is 0.476. The maximum atomic E-state index is 2.75. The Balaban J connectivity index is 0. The molecule has 0 bridgehead atoms. The van der Waals surface area contributed by atoms with Crippen LogP contribution in [0.15, 0.2) is 0 Å². The van der Waals surface area contributed by atoms with Crippen molar-refractivity contribution in [2.75, 3.05) is 14.1 Å². The molecule has 0 aromatic rings. The second kappa shape index (κ2) is 9.33. The van der Waals surface area contributed by atoms with Gasteiger partial charge in [-0.25, -0.2) is 0 Å². The van der Waals surface area contributed by atoms with Crippen molar-refractivity contribution >= 4 is 0 Å². The van der Waals surface area contributed by atoms with E-state index in [-0.39, 0.29) is 22.4 Å². The van der Waals surface area contributed by atoms with Crippen molar-refractivity contribution < 1.29 is 22.4 Å². The second-order valence-corrected chi connectivity index (χ2v) is 0.500. The smallest absolute Gasteiger partial charge is 0 e. The number of hydrogen-bond donors (Lipinski definition) is 1. The molecule has 0 amide bonds. The summed E-state index contributed by atoms with van der Waals surface area (Å²) in [6, 6.07) is 0. The van der Waals surface area contributed by atoms with Crippen molar-refractivity contribution in [1.29, 1.82) is 0 Å². The second-order valence-electron chi connectivity index (χ2n) is 0.500. The molecule has 0 aliphatic rings. The van der Waals surface area contributed by atoms with Gasteiger partial charge >= 0.3 is 0 Å². The van der Waals surface area contributed by atoms with E-state index in [0.29, 0.717) is 0 Å². The van der Waals surface area contributed by atoms with E-state index >= 15 is 0 Å². The molecule has 4 heavy (non-hydrogen) atoms. The molecule has 0 spiro atoms. The summed E-state index contributed by atoms with van der Waals surface area (Å²) in [4.78, 5) is 0. The molecule has 0 aromatic heterocycles. The molecular weight excluding hydrogens is 146 g/mol. The van der Waals surface area contributed by atoms with Crippen molar-refractivity contribution in [2.24, 2.45) is 0 Å². The predicted molar refractivity (Wildman–Crippen MR) is 15.0 cm³/mol. The fourth-order valence-corrected chi connectivity index (χ4v) is 0. The van der Waals surface area contributed by atoms with Gasteiger partial charge in [-0.3, -0.25) is 0 Å². The van der Waals surface area contributed by atoms with Gasteiger partial charge in [0.2, 0.25) is 0 Å². The Hall–Kier alpha value is 0.700. The Labute approximate surface area is 42.3 Å². The molecule has 0 fully saturated rings.